The van der Waals surface area contributed by atoms with Crippen LogP contribution < -0.4 is 18.9 Å². The van der Waals surface area contributed by atoms with Gasteiger partial charge in [0.05, 0.1) is 12.8 Å². The van der Waals surface area contributed by atoms with Gasteiger partial charge in [-0.05, 0) is 72.1 Å². The zero-order valence-electron chi connectivity index (χ0n) is 22.6. The molecule has 0 saturated heterocycles. The highest BCUT2D eigenvalue weighted by molar-refractivity contribution is 5.98. The van der Waals surface area contributed by atoms with E-state index in [4.69, 9.17) is 23.8 Å². The van der Waals surface area contributed by atoms with Crippen LogP contribution in [0.25, 0.3) is 11.1 Å². The summed E-state index contributed by atoms with van der Waals surface area (Å²) in [5.74, 6) is 1.07. The molecule has 0 aliphatic carbocycles. The first-order valence-electron chi connectivity index (χ1n) is 12.8. The maximum atomic E-state index is 13.3. The van der Waals surface area contributed by atoms with Crippen molar-refractivity contribution in [1.82, 2.24) is 0 Å². The van der Waals surface area contributed by atoms with Crippen molar-refractivity contribution in [1.29, 1.82) is 0 Å². The third-order valence-corrected chi connectivity index (χ3v) is 5.85. The molecule has 4 aromatic rings. The Kier molecular flexibility index (Phi) is 9.72. The lowest BCUT2D eigenvalue weighted by Crippen LogP contribution is -2.10. The zero-order chi connectivity index (χ0) is 28.3. The number of esters is 1. The van der Waals surface area contributed by atoms with Gasteiger partial charge in [-0.25, -0.2) is 4.39 Å². The number of hydrogen-bond donors (Lipinski definition) is 0. The van der Waals surface area contributed by atoms with Crippen LogP contribution in [-0.4, -0.2) is 32.0 Å². The number of rotatable bonds is 12. The van der Waals surface area contributed by atoms with E-state index >= 15 is 0 Å². The normalized spacial score (nSPS) is 11.1. The molecule has 0 unspecified atom stereocenters. The first-order chi connectivity index (χ1) is 19.5. The molecule has 0 bridgehead atoms. The third kappa shape index (κ3) is 7.60. The summed E-state index contributed by atoms with van der Waals surface area (Å²) < 4.78 is 35.6. The van der Waals surface area contributed by atoms with E-state index in [-0.39, 0.29) is 37.0 Å². The minimum Gasteiger partial charge on any atom is -0.497 e. The SMILES string of the molecule is CCC(=O)Oc1c(OCCON=C(C)c2ccc(-c3ccc(OC)cc3)cc2)cccc1Oc1ccc(F)cc1. The van der Waals surface area contributed by atoms with Crippen molar-refractivity contribution in [3.63, 3.8) is 0 Å². The molecule has 0 aromatic heterocycles. The van der Waals surface area contributed by atoms with Crippen molar-refractivity contribution in [2.24, 2.45) is 5.16 Å². The number of nitrogens with zero attached hydrogens (tertiary/aromatic N) is 1. The number of benzene rings is 4. The molecule has 0 spiro atoms. The molecule has 0 heterocycles. The van der Waals surface area contributed by atoms with Crippen LogP contribution in [0.4, 0.5) is 4.39 Å². The summed E-state index contributed by atoms with van der Waals surface area (Å²) in [5, 5.41) is 4.19. The second-order valence-electron chi connectivity index (χ2n) is 8.63. The maximum absolute atomic E-state index is 13.3. The van der Waals surface area contributed by atoms with E-state index in [0.717, 1.165) is 22.4 Å². The summed E-state index contributed by atoms with van der Waals surface area (Å²) in [5.41, 5.74) is 3.82. The van der Waals surface area contributed by atoms with Gasteiger partial charge in [-0.2, -0.15) is 0 Å². The number of halogens is 1. The predicted octanol–water partition coefficient (Wildman–Crippen LogP) is 7.43. The minimum absolute atomic E-state index is 0.135. The van der Waals surface area contributed by atoms with Crippen LogP contribution in [0, 0.1) is 5.82 Å². The van der Waals surface area contributed by atoms with Crippen molar-refractivity contribution < 1.29 is 33.0 Å². The Bertz CT molecular complexity index is 1430. The molecule has 206 valence electrons. The van der Waals surface area contributed by atoms with Crippen molar-refractivity contribution in [3.05, 3.63) is 102 Å². The van der Waals surface area contributed by atoms with E-state index < -0.39 is 5.97 Å². The average Bonchev–Trinajstić information content (AvgIpc) is 2.99. The van der Waals surface area contributed by atoms with Crippen molar-refractivity contribution >= 4 is 11.7 Å². The van der Waals surface area contributed by atoms with Crippen LogP contribution in [0.3, 0.4) is 0 Å². The number of carbonyl (C=O) groups excluding carboxylic acids is 1. The fraction of sp³-hybridized carbons (Fsp3) is 0.188. The summed E-state index contributed by atoms with van der Waals surface area (Å²) in [6, 6.07) is 26.4. The third-order valence-electron chi connectivity index (χ3n) is 5.85. The monoisotopic (exact) mass is 543 g/mol. The summed E-state index contributed by atoms with van der Waals surface area (Å²) in [6.45, 7) is 3.85. The predicted molar refractivity (Wildman–Crippen MR) is 151 cm³/mol. The minimum atomic E-state index is -0.450. The van der Waals surface area contributed by atoms with Gasteiger partial charge in [-0.1, -0.05) is 54.5 Å². The molecule has 0 amide bonds. The lowest BCUT2D eigenvalue weighted by atomic mass is 10.0. The first-order valence-corrected chi connectivity index (χ1v) is 12.8. The van der Waals surface area contributed by atoms with Crippen LogP contribution >= 0.6 is 0 Å². The van der Waals surface area contributed by atoms with E-state index in [1.54, 1.807) is 32.2 Å². The quantitative estimate of drug-likeness (QED) is 0.0608. The molecule has 0 aliphatic rings. The van der Waals surface area contributed by atoms with Gasteiger partial charge in [-0.15, -0.1) is 0 Å². The Morgan fingerprint density at radius 3 is 2.08 bits per heavy atom. The summed E-state index contributed by atoms with van der Waals surface area (Å²) in [4.78, 5) is 17.5. The number of hydrogen-bond acceptors (Lipinski definition) is 7. The Morgan fingerprint density at radius 2 is 1.43 bits per heavy atom. The van der Waals surface area contributed by atoms with E-state index in [0.29, 0.717) is 17.2 Å². The van der Waals surface area contributed by atoms with E-state index in [1.807, 2.05) is 55.5 Å². The first kappa shape index (κ1) is 28.2. The number of methoxy groups -OCH3 is 1. The van der Waals surface area contributed by atoms with Crippen LogP contribution in [0.15, 0.2) is 96.2 Å². The van der Waals surface area contributed by atoms with E-state index in [2.05, 4.69) is 5.16 Å². The molecule has 0 radical (unpaired) electrons. The average molecular weight is 544 g/mol. The maximum Gasteiger partial charge on any atom is 0.311 e. The smallest absolute Gasteiger partial charge is 0.311 e. The van der Waals surface area contributed by atoms with Crippen LogP contribution in [0.5, 0.6) is 28.7 Å². The van der Waals surface area contributed by atoms with Gasteiger partial charge in [0, 0.05) is 6.42 Å². The molecule has 8 heteroatoms. The topological polar surface area (TPSA) is 75.6 Å². The second-order valence-corrected chi connectivity index (χ2v) is 8.63. The summed E-state index contributed by atoms with van der Waals surface area (Å²) in [7, 11) is 1.64. The Hall–Kier alpha value is -4.85. The van der Waals surface area contributed by atoms with Crippen molar-refractivity contribution in [3.8, 4) is 39.9 Å². The highest BCUT2D eigenvalue weighted by Crippen LogP contribution is 2.40. The van der Waals surface area contributed by atoms with Gasteiger partial charge < -0.3 is 23.8 Å². The Labute approximate surface area is 232 Å². The standard InChI is InChI=1S/C32H30FNO6/c1-4-31(35)40-32-29(6-5-7-30(32)39-28-18-14-26(33)15-19-28)37-20-21-38-34-22(2)23-8-10-24(11-9-23)25-12-16-27(36-3)17-13-25/h5-19H,4,20-21H2,1-3H3. The van der Waals surface area contributed by atoms with Crippen LogP contribution in [0.2, 0.25) is 0 Å². The Morgan fingerprint density at radius 1 is 0.800 bits per heavy atom. The number of ether oxygens (including phenoxy) is 4. The number of carbonyl (C=O) groups is 1. The molecule has 7 nitrogen and oxygen atoms in total. The highest BCUT2D eigenvalue weighted by Gasteiger charge is 2.17. The van der Waals surface area contributed by atoms with Crippen LogP contribution in [0.1, 0.15) is 25.8 Å². The highest BCUT2D eigenvalue weighted by atomic mass is 19.1. The molecule has 0 atom stereocenters. The fourth-order valence-electron chi connectivity index (χ4n) is 3.68. The molecule has 0 fully saturated rings. The largest absolute Gasteiger partial charge is 0.497 e. The molecular weight excluding hydrogens is 513 g/mol. The Balaban J connectivity index is 1.35. The van der Waals surface area contributed by atoms with Crippen molar-refractivity contribution in [2.45, 2.75) is 20.3 Å². The lowest BCUT2D eigenvalue weighted by molar-refractivity contribution is -0.134. The van der Waals surface area contributed by atoms with E-state index in [9.17, 15) is 9.18 Å². The molecule has 40 heavy (non-hydrogen) atoms. The van der Waals surface area contributed by atoms with Gasteiger partial charge in [0.25, 0.3) is 0 Å². The molecule has 0 N–H and O–H groups in total. The van der Waals surface area contributed by atoms with Gasteiger partial charge in [0.15, 0.2) is 18.1 Å². The van der Waals surface area contributed by atoms with Gasteiger partial charge in [0.1, 0.15) is 23.9 Å². The molecule has 0 aliphatic heterocycles. The molecule has 4 rings (SSSR count). The number of oxime groups is 1. The molecule has 4 aromatic carbocycles. The zero-order valence-corrected chi connectivity index (χ0v) is 22.6. The lowest BCUT2D eigenvalue weighted by Gasteiger charge is -2.15. The van der Waals surface area contributed by atoms with Gasteiger partial charge in [-0.3, -0.25) is 4.79 Å². The number of para-hydroxylation sites is 1. The van der Waals surface area contributed by atoms with Gasteiger partial charge >= 0.3 is 5.97 Å². The van der Waals surface area contributed by atoms with Crippen molar-refractivity contribution in [2.75, 3.05) is 20.3 Å². The molecular formula is C32H30FNO6. The van der Waals surface area contributed by atoms with E-state index in [1.165, 1.54) is 24.3 Å². The summed E-state index contributed by atoms with van der Waals surface area (Å²) in [6.07, 6.45) is 0.169. The van der Waals surface area contributed by atoms with Crippen LogP contribution in [-0.2, 0) is 9.63 Å². The van der Waals surface area contributed by atoms with Gasteiger partial charge in [0.2, 0.25) is 5.75 Å². The second kappa shape index (κ2) is 13.8. The summed E-state index contributed by atoms with van der Waals surface area (Å²) >= 11 is 0. The fourth-order valence-corrected chi connectivity index (χ4v) is 3.68. The molecule has 0 saturated carbocycles.